The smallest absolute Gasteiger partial charge is 0.221 e. The van der Waals surface area contributed by atoms with Gasteiger partial charge in [-0.1, -0.05) is 78.9 Å². The lowest BCUT2D eigenvalue weighted by atomic mass is 9.89. The first-order valence-corrected chi connectivity index (χ1v) is 15.7. The highest BCUT2D eigenvalue weighted by molar-refractivity contribution is 6.24. The fourth-order valence-corrected chi connectivity index (χ4v) is 6.79. The Bertz CT molecular complexity index is 2580. The van der Waals surface area contributed by atoms with Crippen molar-refractivity contribution in [3.05, 3.63) is 151 Å². The Morgan fingerprint density at radius 2 is 1.11 bits per heavy atom. The SMILES string of the molecule is COC(=NC=Nc1ccccc1)c1ccc(-c2cc3ccc4cc(-c5ccc6oc7ccccc7c6c5)cc5ccc(c2)c3c45)cc1. The molecular formula is C43H28N2O2. The minimum atomic E-state index is 0.518. The van der Waals surface area contributed by atoms with Crippen molar-refractivity contribution in [2.45, 2.75) is 0 Å². The maximum atomic E-state index is 6.08. The maximum absolute atomic E-state index is 6.08. The molecule has 4 nitrogen and oxygen atoms in total. The Morgan fingerprint density at radius 3 is 1.77 bits per heavy atom. The molecule has 0 bridgehead atoms. The summed E-state index contributed by atoms with van der Waals surface area (Å²) >= 11 is 0. The number of nitrogens with zero attached hydrogens (tertiary/aromatic N) is 2. The molecule has 4 heteroatoms. The zero-order valence-electron chi connectivity index (χ0n) is 25.6. The summed E-state index contributed by atoms with van der Waals surface area (Å²) in [6, 6.07) is 51.0. The number of furan rings is 1. The van der Waals surface area contributed by atoms with E-state index in [4.69, 9.17) is 9.15 Å². The van der Waals surface area contributed by atoms with E-state index in [1.807, 2.05) is 54.6 Å². The van der Waals surface area contributed by atoms with Gasteiger partial charge in [-0.05, 0) is 121 Å². The quantitative estimate of drug-likeness (QED) is 0.111. The molecule has 0 aliphatic heterocycles. The van der Waals surface area contributed by atoms with E-state index in [0.717, 1.165) is 38.8 Å². The van der Waals surface area contributed by atoms with Crippen LogP contribution in [0, 0.1) is 0 Å². The summed E-state index contributed by atoms with van der Waals surface area (Å²) in [6.45, 7) is 0. The maximum Gasteiger partial charge on any atom is 0.221 e. The lowest BCUT2D eigenvalue weighted by Crippen LogP contribution is -2.03. The third-order valence-corrected chi connectivity index (χ3v) is 9.04. The second-order valence-corrected chi connectivity index (χ2v) is 11.8. The van der Waals surface area contributed by atoms with Crippen molar-refractivity contribution in [1.82, 2.24) is 0 Å². The van der Waals surface area contributed by atoms with Gasteiger partial charge in [-0.15, -0.1) is 0 Å². The molecule has 0 saturated heterocycles. The van der Waals surface area contributed by atoms with Gasteiger partial charge >= 0.3 is 0 Å². The zero-order valence-corrected chi connectivity index (χ0v) is 25.6. The first kappa shape index (κ1) is 27.1. The van der Waals surface area contributed by atoms with Crippen molar-refractivity contribution in [2.75, 3.05) is 7.11 Å². The fourth-order valence-electron chi connectivity index (χ4n) is 6.79. The van der Waals surface area contributed by atoms with E-state index in [9.17, 15) is 0 Å². The van der Waals surface area contributed by atoms with Crippen LogP contribution in [0.5, 0.6) is 0 Å². The molecule has 9 aromatic rings. The normalized spacial score (nSPS) is 12.4. The van der Waals surface area contributed by atoms with Crippen LogP contribution in [0.1, 0.15) is 5.56 Å². The van der Waals surface area contributed by atoms with E-state index >= 15 is 0 Å². The molecule has 0 fully saturated rings. The molecule has 0 aliphatic carbocycles. The van der Waals surface area contributed by atoms with Crippen LogP contribution in [0.15, 0.2) is 160 Å². The van der Waals surface area contributed by atoms with Crippen LogP contribution in [-0.4, -0.2) is 19.3 Å². The van der Waals surface area contributed by atoms with Crippen molar-refractivity contribution >= 4 is 72.2 Å². The predicted molar refractivity (Wildman–Crippen MR) is 196 cm³/mol. The Balaban J connectivity index is 1.06. The summed E-state index contributed by atoms with van der Waals surface area (Å²) in [7, 11) is 1.63. The second kappa shape index (κ2) is 11.0. The first-order chi connectivity index (χ1) is 23.2. The highest BCUT2D eigenvalue weighted by Gasteiger charge is 2.14. The molecular weight excluding hydrogens is 576 g/mol. The zero-order chi connectivity index (χ0) is 31.3. The average molecular weight is 605 g/mol. The van der Waals surface area contributed by atoms with Crippen molar-refractivity contribution in [3.63, 3.8) is 0 Å². The minimum absolute atomic E-state index is 0.518. The molecule has 1 heterocycles. The molecule has 0 N–H and O–H groups in total. The number of hydrogen-bond donors (Lipinski definition) is 0. The van der Waals surface area contributed by atoms with Crippen LogP contribution >= 0.6 is 0 Å². The molecule has 9 rings (SSSR count). The molecule has 0 saturated carbocycles. The fraction of sp³-hybridized carbons (Fsp3) is 0.0233. The highest BCUT2D eigenvalue weighted by Crippen LogP contribution is 2.40. The standard InChI is InChI=1S/C43H28N2O2/c1-46-43(45-26-44-36-7-3-2-4-8-36)28-13-11-27(12-14-28)34-21-30-15-17-32-23-35(24-33-18-16-31(22-34)41(30)42(32)33)29-19-20-40-38(25-29)37-9-5-6-10-39(37)47-40/h2-26H,1H3. The molecule has 8 aromatic carbocycles. The monoisotopic (exact) mass is 604 g/mol. The van der Waals surface area contributed by atoms with Gasteiger partial charge in [-0.25, -0.2) is 9.98 Å². The molecule has 1 aromatic heterocycles. The molecule has 0 radical (unpaired) electrons. The largest absolute Gasteiger partial charge is 0.481 e. The van der Waals surface area contributed by atoms with Crippen molar-refractivity contribution in [2.24, 2.45) is 9.98 Å². The van der Waals surface area contributed by atoms with E-state index in [0.29, 0.717) is 5.90 Å². The number of methoxy groups -OCH3 is 1. The van der Waals surface area contributed by atoms with Gasteiger partial charge in [0.1, 0.15) is 17.5 Å². The number of benzene rings is 8. The lowest BCUT2D eigenvalue weighted by Gasteiger charge is -2.15. The van der Waals surface area contributed by atoms with Crippen molar-refractivity contribution < 1.29 is 9.15 Å². The Kier molecular flexibility index (Phi) is 6.32. The molecule has 47 heavy (non-hydrogen) atoms. The van der Waals surface area contributed by atoms with Gasteiger partial charge in [-0.3, -0.25) is 0 Å². The van der Waals surface area contributed by atoms with E-state index in [1.54, 1.807) is 7.11 Å². The average Bonchev–Trinajstić information content (AvgIpc) is 3.51. The number of rotatable bonds is 5. The third-order valence-electron chi connectivity index (χ3n) is 9.04. The van der Waals surface area contributed by atoms with Crippen LogP contribution in [-0.2, 0) is 4.74 Å². The van der Waals surface area contributed by atoms with Crippen molar-refractivity contribution in [3.8, 4) is 22.3 Å². The number of para-hydroxylation sites is 2. The van der Waals surface area contributed by atoms with E-state index < -0.39 is 0 Å². The molecule has 0 amide bonds. The topological polar surface area (TPSA) is 47.1 Å². The van der Waals surface area contributed by atoms with E-state index in [1.165, 1.54) is 55.3 Å². The van der Waals surface area contributed by atoms with E-state index in [2.05, 4.69) is 101 Å². The summed E-state index contributed by atoms with van der Waals surface area (Å²) in [5.74, 6) is 0.518. The van der Waals surface area contributed by atoms with Gasteiger partial charge in [0, 0.05) is 16.3 Å². The summed E-state index contributed by atoms with van der Waals surface area (Å²) in [5, 5.41) is 9.84. The van der Waals surface area contributed by atoms with Crippen LogP contribution in [0.25, 0.3) is 76.5 Å². The van der Waals surface area contributed by atoms with Gasteiger partial charge in [-0.2, -0.15) is 0 Å². The van der Waals surface area contributed by atoms with Gasteiger partial charge < -0.3 is 9.15 Å². The minimum Gasteiger partial charge on any atom is -0.481 e. The summed E-state index contributed by atoms with van der Waals surface area (Å²) in [6.07, 6.45) is 1.53. The highest BCUT2D eigenvalue weighted by atomic mass is 16.5. The van der Waals surface area contributed by atoms with Crippen LogP contribution in [0.4, 0.5) is 5.69 Å². The molecule has 0 unspecified atom stereocenters. The number of hydrogen-bond acceptors (Lipinski definition) is 3. The molecule has 222 valence electrons. The van der Waals surface area contributed by atoms with Gasteiger partial charge in [0.15, 0.2) is 0 Å². The lowest BCUT2D eigenvalue weighted by molar-refractivity contribution is 0.406. The summed E-state index contributed by atoms with van der Waals surface area (Å²) in [4.78, 5) is 8.85. The number of fused-ring (bicyclic) bond motifs is 3. The second-order valence-electron chi connectivity index (χ2n) is 11.8. The van der Waals surface area contributed by atoms with Gasteiger partial charge in [0.05, 0.1) is 12.8 Å². The summed E-state index contributed by atoms with van der Waals surface area (Å²) < 4.78 is 11.7. The van der Waals surface area contributed by atoms with Gasteiger partial charge in [0.2, 0.25) is 5.90 Å². The Morgan fingerprint density at radius 1 is 0.532 bits per heavy atom. The molecule has 0 aliphatic rings. The predicted octanol–water partition coefficient (Wildman–Crippen LogP) is 11.6. The van der Waals surface area contributed by atoms with Crippen molar-refractivity contribution in [1.29, 1.82) is 0 Å². The summed E-state index contributed by atoms with van der Waals surface area (Å²) in [5.41, 5.74) is 8.27. The van der Waals surface area contributed by atoms with Crippen LogP contribution < -0.4 is 0 Å². The third kappa shape index (κ3) is 4.70. The first-order valence-electron chi connectivity index (χ1n) is 15.7. The van der Waals surface area contributed by atoms with E-state index in [-0.39, 0.29) is 0 Å². The van der Waals surface area contributed by atoms with Gasteiger partial charge in [0.25, 0.3) is 0 Å². The Labute approximate surface area is 271 Å². The number of ether oxygens (including phenoxy) is 1. The van der Waals surface area contributed by atoms with Crippen LogP contribution in [0.2, 0.25) is 0 Å². The number of aliphatic imine (C=N–C) groups is 2. The molecule has 0 spiro atoms. The van der Waals surface area contributed by atoms with Crippen LogP contribution in [0.3, 0.4) is 0 Å². The molecule has 0 atom stereocenters. The Hall–Kier alpha value is -6.26.